The van der Waals surface area contributed by atoms with Crippen LogP contribution in [0.5, 0.6) is 0 Å². The van der Waals surface area contributed by atoms with Crippen molar-refractivity contribution in [3.63, 3.8) is 0 Å². The van der Waals surface area contributed by atoms with Gasteiger partial charge in [-0.15, -0.1) is 11.6 Å². The summed E-state index contributed by atoms with van der Waals surface area (Å²) in [5.41, 5.74) is 0.743. The summed E-state index contributed by atoms with van der Waals surface area (Å²) in [7, 11) is 3.36. The van der Waals surface area contributed by atoms with Crippen LogP contribution < -0.4 is 0 Å². The second-order valence-corrected chi connectivity index (χ2v) is 3.66. The largest absolute Gasteiger partial charge is 0.347 e. The topological polar surface area (TPSA) is 38.1 Å². The Morgan fingerprint density at radius 2 is 2.36 bits per heavy atom. The van der Waals surface area contributed by atoms with Crippen molar-refractivity contribution in [1.82, 2.24) is 14.7 Å². The average Bonchev–Trinajstić information content (AvgIpc) is 2.63. The number of hydrogen-bond acceptors (Lipinski definition) is 2. The van der Waals surface area contributed by atoms with Crippen LogP contribution in [-0.4, -0.2) is 34.7 Å². The molecule has 1 aromatic heterocycles. The molecule has 0 aromatic carbocycles. The first kappa shape index (κ1) is 11.0. The molecule has 0 aliphatic heterocycles. The van der Waals surface area contributed by atoms with Crippen LogP contribution in [0.3, 0.4) is 0 Å². The minimum absolute atomic E-state index is 0.123. The fourth-order valence-electron chi connectivity index (χ4n) is 1.05. The second-order valence-electron chi connectivity index (χ2n) is 3.22. The highest BCUT2D eigenvalue weighted by Crippen LogP contribution is 2.21. The fourth-order valence-corrected chi connectivity index (χ4v) is 1.36. The smallest absolute Gasteiger partial charge is 0.244 e. The molecule has 1 rings (SSSR count). The highest BCUT2D eigenvalue weighted by molar-refractivity contribution is 6.30. The summed E-state index contributed by atoms with van der Waals surface area (Å²) in [5, 5.41) is 3.42. The quantitative estimate of drug-likeness (QED) is 0.713. The Hall–Kier alpha value is -1.03. The molecule has 0 aliphatic rings. The molecule has 1 aromatic rings. The van der Waals surface area contributed by atoms with E-state index in [1.54, 1.807) is 31.2 Å². The van der Waals surface area contributed by atoms with Crippen LogP contribution in [0.4, 0.5) is 0 Å². The van der Waals surface area contributed by atoms with Gasteiger partial charge in [-0.1, -0.05) is 0 Å². The molecule has 1 amide bonds. The molecular weight excluding hydrogens is 202 g/mol. The third-order valence-corrected chi connectivity index (χ3v) is 2.37. The van der Waals surface area contributed by atoms with E-state index < -0.39 is 5.38 Å². The maximum atomic E-state index is 11.5. The average molecular weight is 216 g/mol. The fraction of sp³-hybridized carbons (Fsp3) is 0.556. The first-order chi connectivity index (χ1) is 6.56. The van der Waals surface area contributed by atoms with E-state index in [4.69, 9.17) is 11.6 Å². The van der Waals surface area contributed by atoms with Crippen molar-refractivity contribution in [3.05, 3.63) is 18.0 Å². The Morgan fingerprint density at radius 1 is 1.71 bits per heavy atom. The zero-order valence-corrected chi connectivity index (χ0v) is 9.32. The molecule has 14 heavy (non-hydrogen) atoms. The number of carbonyl (C=O) groups is 1. The molecule has 78 valence electrons. The summed E-state index contributed by atoms with van der Waals surface area (Å²) in [6.07, 6.45) is 3.42. The standard InChI is InChI=1S/C9H14ClN3O/c1-4-13-6-7(5-11-13)8(10)9(14)12(2)3/h5-6,8H,4H2,1-3H3. The number of halogens is 1. The van der Waals surface area contributed by atoms with Gasteiger partial charge in [0.15, 0.2) is 0 Å². The molecule has 1 unspecified atom stereocenters. The number of hydrogen-bond donors (Lipinski definition) is 0. The van der Waals surface area contributed by atoms with Gasteiger partial charge >= 0.3 is 0 Å². The zero-order valence-electron chi connectivity index (χ0n) is 8.57. The van der Waals surface area contributed by atoms with E-state index in [1.165, 1.54) is 4.90 Å². The van der Waals surface area contributed by atoms with Crippen LogP contribution in [0.2, 0.25) is 0 Å². The van der Waals surface area contributed by atoms with Crippen molar-refractivity contribution in [2.24, 2.45) is 0 Å². The Bertz CT molecular complexity index is 322. The highest BCUT2D eigenvalue weighted by atomic mass is 35.5. The van der Waals surface area contributed by atoms with Gasteiger partial charge in [0, 0.05) is 32.4 Å². The number of alkyl halides is 1. The van der Waals surface area contributed by atoms with Gasteiger partial charge in [-0.2, -0.15) is 5.10 Å². The van der Waals surface area contributed by atoms with E-state index in [-0.39, 0.29) is 5.91 Å². The van der Waals surface area contributed by atoms with E-state index in [1.807, 2.05) is 6.92 Å². The number of rotatable bonds is 3. The first-order valence-electron chi connectivity index (χ1n) is 4.43. The van der Waals surface area contributed by atoms with Crippen LogP contribution in [0.15, 0.2) is 12.4 Å². The van der Waals surface area contributed by atoms with E-state index in [9.17, 15) is 4.79 Å². The van der Waals surface area contributed by atoms with Crippen molar-refractivity contribution in [1.29, 1.82) is 0 Å². The van der Waals surface area contributed by atoms with Gasteiger partial charge in [-0.05, 0) is 6.92 Å². The van der Waals surface area contributed by atoms with Gasteiger partial charge in [0.25, 0.3) is 0 Å². The molecule has 0 saturated heterocycles. The van der Waals surface area contributed by atoms with Crippen molar-refractivity contribution in [2.75, 3.05) is 14.1 Å². The number of likely N-dealkylation sites (N-methyl/N-ethyl adjacent to an activating group) is 1. The van der Waals surface area contributed by atoms with Crippen LogP contribution >= 0.6 is 11.6 Å². The molecule has 0 bridgehead atoms. The normalized spacial score (nSPS) is 12.6. The van der Waals surface area contributed by atoms with Crippen LogP contribution in [0.25, 0.3) is 0 Å². The highest BCUT2D eigenvalue weighted by Gasteiger charge is 2.20. The Morgan fingerprint density at radius 3 is 2.79 bits per heavy atom. The lowest BCUT2D eigenvalue weighted by molar-refractivity contribution is -0.128. The van der Waals surface area contributed by atoms with Gasteiger partial charge < -0.3 is 4.90 Å². The second kappa shape index (κ2) is 4.46. The van der Waals surface area contributed by atoms with Crippen LogP contribution in [0, 0.1) is 0 Å². The molecule has 4 nitrogen and oxygen atoms in total. The van der Waals surface area contributed by atoms with E-state index in [0.29, 0.717) is 0 Å². The molecule has 5 heteroatoms. The summed E-state index contributed by atoms with van der Waals surface area (Å²) in [5.74, 6) is -0.123. The maximum absolute atomic E-state index is 11.5. The zero-order chi connectivity index (χ0) is 10.7. The van der Waals surface area contributed by atoms with Crippen molar-refractivity contribution < 1.29 is 4.79 Å². The molecule has 0 spiro atoms. The first-order valence-corrected chi connectivity index (χ1v) is 4.87. The lowest BCUT2D eigenvalue weighted by atomic mass is 10.2. The van der Waals surface area contributed by atoms with Gasteiger partial charge in [-0.3, -0.25) is 9.48 Å². The molecule has 0 fully saturated rings. The minimum atomic E-state index is -0.634. The maximum Gasteiger partial charge on any atom is 0.244 e. The molecule has 0 aliphatic carbocycles. The lowest BCUT2D eigenvalue weighted by Crippen LogP contribution is -2.25. The van der Waals surface area contributed by atoms with Crippen LogP contribution in [-0.2, 0) is 11.3 Å². The third kappa shape index (κ3) is 2.26. The summed E-state index contributed by atoms with van der Waals surface area (Å²) in [4.78, 5) is 13.0. The van der Waals surface area contributed by atoms with Gasteiger partial charge in [0.05, 0.1) is 6.20 Å². The summed E-state index contributed by atoms with van der Waals surface area (Å²) >= 11 is 5.98. The lowest BCUT2D eigenvalue weighted by Gasteiger charge is -2.13. The number of carbonyl (C=O) groups excluding carboxylic acids is 1. The molecule has 1 heterocycles. The molecule has 1 atom stereocenters. The third-order valence-electron chi connectivity index (χ3n) is 1.93. The summed E-state index contributed by atoms with van der Waals surface area (Å²) in [6, 6.07) is 0. The number of aryl methyl sites for hydroxylation is 1. The van der Waals surface area contributed by atoms with Gasteiger partial charge in [0.2, 0.25) is 5.91 Å². The van der Waals surface area contributed by atoms with Crippen LogP contribution in [0.1, 0.15) is 17.9 Å². The predicted octanol–water partition coefficient (Wildman–Crippen LogP) is 1.27. The Kier molecular flexibility index (Phi) is 3.52. The number of aromatic nitrogens is 2. The Balaban J connectivity index is 2.78. The molecule has 0 saturated carbocycles. The molecule has 0 N–H and O–H groups in total. The van der Waals surface area contributed by atoms with E-state index in [0.717, 1.165) is 12.1 Å². The molecule has 0 radical (unpaired) electrons. The van der Waals surface area contributed by atoms with Crippen molar-refractivity contribution in [3.8, 4) is 0 Å². The predicted molar refractivity (Wildman–Crippen MR) is 55.2 cm³/mol. The van der Waals surface area contributed by atoms with E-state index in [2.05, 4.69) is 5.10 Å². The number of nitrogens with zero attached hydrogens (tertiary/aromatic N) is 3. The number of amides is 1. The van der Waals surface area contributed by atoms with E-state index >= 15 is 0 Å². The molecular formula is C9H14ClN3O. The monoisotopic (exact) mass is 215 g/mol. The minimum Gasteiger partial charge on any atom is -0.347 e. The van der Waals surface area contributed by atoms with Gasteiger partial charge in [0.1, 0.15) is 5.38 Å². The van der Waals surface area contributed by atoms with Crippen molar-refractivity contribution in [2.45, 2.75) is 18.8 Å². The summed E-state index contributed by atoms with van der Waals surface area (Å²) < 4.78 is 1.74. The summed E-state index contributed by atoms with van der Waals surface area (Å²) in [6.45, 7) is 2.76. The Labute approximate surface area is 88.5 Å². The van der Waals surface area contributed by atoms with Gasteiger partial charge in [-0.25, -0.2) is 0 Å². The van der Waals surface area contributed by atoms with Crippen molar-refractivity contribution >= 4 is 17.5 Å². The SMILES string of the molecule is CCn1cc(C(Cl)C(=O)N(C)C)cn1.